The molecule has 0 spiro atoms. The Bertz CT molecular complexity index is 988. The first-order valence-corrected chi connectivity index (χ1v) is 8.97. The van der Waals surface area contributed by atoms with Crippen molar-refractivity contribution in [2.24, 2.45) is 0 Å². The highest BCUT2D eigenvalue weighted by atomic mass is 32.1. The third kappa shape index (κ3) is 2.53. The molecule has 3 aromatic rings. The summed E-state index contributed by atoms with van der Waals surface area (Å²) in [6, 6.07) is 6.80. The van der Waals surface area contributed by atoms with Gasteiger partial charge in [-0.2, -0.15) is 0 Å². The molecule has 1 unspecified atom stereocenters. The number of oxazole rings is 1. The lowest BCUT2D eigenvalue weighted by Gasteiger charge is -2.18. The van der Waals surface area contributed by atoms with Crippen molar-refractivity contribution >= 4 is 23.3 Å². The average molecular weight is 371 g/mol. The summed E-state index contributed by atoms with van der Waals surface area (Å²) in [7, 11) is 0. The van der Waals surface area contributed by atoms with Gasteiger partial charge in [-0.15, -0.1) is 11.3 Å². The fourth-order valence-electron chi connectivity index (χ4n) is 2.94. The van der Waals surface area contributed by atoms with Crippen LogP contribution in [-0.4, -0.2) is 21.8 Å². The molecular weight excluding hydrogens is 354 g/mol. The largest absolute Gasteiger partial charge is 0.463 e. The van der Waals surface area contributed by atoms with Crippen molar-refractivity contribution in [3.05, 3.63) is 52.6 Å². The van der Waals surface area contributed by atoms with Gasteiger partial charge in [0.2, 0.25) is 5.89 Å². The number of aryl methyl sites for hydroxylation is 2. The molecular formula is C18H17N3O4S. The Hall–Kier alpha value is -2.87. The van der Waals surface area contributed by atoms with Crippen LogP contribution in [0.4, 0.5) is 4.79 Å². The zero-order valence-electron chi connectivity index (χ0n) is 14.5. The molecule has 134 valence electrons. The van der Waals surface area contributed by atoms with E-state index in [1.807, 2.05) is 17.5 Å². The Morgan fingerprint density at radius 2 is 2.04 bits per heavy atom. The predicted molar refractivity (Wildman–Crippen MR) is 94.4 cm³/mol. The minimum Gasteiger partial charge on any atom is -0.463 e. The van der Waals surface area contributed by atoms with Gasteiger partial charge in [0, 0.05) is 0 Å². The van der Waals surface area contributed by atoms with Crippen molar-refractivity contribution in [3.63, 3.8) is 0 Å². The quantitative estimate of drug-likeness (QED) is 0.708. The van der Waals surface area contributed by atoms with Crippen LogP contribution in [0.25, 0.3) is 10.8 Å². The third-order valence-corrected chi connectivity index (χ3v) is 5.30. The van der Waals surface area contributed by atoms with E-state index in [0.717, 1.165) is 9.78 Å². The van der Waals surface area contributed by atoms with E-state index in [4.69, 9.17) is 8.83 Å². The minimum atomic E-state index is -1.22. The summed E-state index contributed by atoms with van der Waals surface area (Å²) < 4.78 is 11.3. The van der Waals surface area contributed by atoms with Gasteiger partial charge in [0.05, 0.1) is 11.4 Å². The molecule has 1 atom stereocenters. The van der Waals surface area contributed by atoms with Crippen LogP contribution in [0, 0.1) is 13.8 Å². The highest BCUT2D eigenvalue weighted by Gasteiger charge is 2.51. The molecule has 1 aliphatic rings. The van der Waals surface area contributed by atoms with E-state index in [9.17, 15) is 9.59 Å². The summed E-state index contributed by atoms with van der Waals surface area (Å²) in [6.45, 7) is 5.24. The number of rotatable bonds is 4. The number of furan rings is 1. The van der Waals surface area contributed by atoms with Crippen LogP contribution in [0.1, 0.15) is 29.9 Å². The number of nitrogens with one attached hydrogen (secondary N) is 1. The summed E-state index contributed by atoms with van der Waals surface area (Å²) in [6.07, 6.45) is 0. The number of thiophene rings is 1. The van der Waals surface area contributed by atoms with E-state index in [0.29, 0.717) is 28.9 Å². The smallest absolute Gasteiger partial charge is 0.325 e. The van der Waals surface area contributed by atoms with Crippen LogP contribution in [0.3, 0.4) is 0 Å². The zero-order chi connectivity index (χ0) is 18.5. The van der Waals surface area contributed by atoms with Crippen LogP contribution in [-0.2, 0) is 16.9 Å². The molecule has 26 heavy (non-hydrogen) atoms. The lowest BCUT2D eigenvalue weighted by Crippen LogP contribution is -2.40. The van der Waals surface area contributed by atoms with Crippen LogP contribution in [0.15, 0.2) is 38.5 Å². The van der Waals surface area contributed by atoms with Crippen LogP contribution >= 0.6 is 11.3 Å². The first-order valence-electron chi connectivity index (χ1n) is 8.09. The molecule has 3 aromatic heterocycles. The van der Waals surface area contributed by atoms with Crippen molar-refractivity contribution < 1.29 is 18.4 Å². The molecule has 4 rings (SSSR count). The number of urea groups is 1. The van der Waals surface area contributed by atoms with Crippen molar-refractivity contribution in [2.75, 3.05) is 0 Å². The normalized spacial score (nSPS) is 20.0. The summed E-state index contributed by atoms with van der Waals surface area (Å²) in [5, 5.41) is 4.65. The second-order valence-corrected chi connectivity index (χ2v) is 7.30. The molecule has 1 saturated heterocycles. The van der Waals surface area contributed by atoms with E-state index in [2.05, 4.69) is 10.3 Å². The molecule has 8 heteroatoms. The molecule has 0 bridgehead atoms. The SMILES string of the molecule is Cc1ccc(C2(C)NC(=O)N(Cc3nc(-c4cccs4)oc3C)C2=O)o1. The van der Waals surface area contributed by atoms with Gasteiger partial charge in [-0.25, -0.2) is 9.78 Å². The number of aromatic nitrogens is 1. The zero-order valence-corrected chi connectivity index (χ0v) is 15.3. The van der Waals surface area contributed by atoms with Crippen LogP contribution < -0.4 is 5.32 Å². The Morgan fingerprint density at radius 3 is 2.69 bits per heavy atom. The van der Waals surface area contributed by atoms with E-state index in [1.165, 1.54) is 11.3 Å². The van der Waals surface area contributed by atoms with Crippen molar-refractivity contribution in [1.29, 1.82) is 0 Å². The summed E-state index contributed by atoms with van der Waals surface area (Å²) in [4.78, 5) is 31.8. The molecule has 1 N–H and O–H groups in total. The highest BCUT2D eigenvalue weighted by Crippen LogP contribution is 2.32. The van der Waals surface area contributed by atoms with Crippen LogP contribution in [0.5, 0.6) is 0 Å². The van der Waals surface area contributed by atoms with Gasteiger partial charge >= 0.3 is 6.03 Å². The average Bonchev–Trinajstić information content (AvgIpc) is 3.35. The maximum Gasteiger partial charge on any atom is 0.325 e. The van der Waals surface area contributed by atoms with Gasteiger partial charge in [-0.1, -0.05) is 6.07 Å². The van der Waals surface area contributed by atoms with E-state index in [-0.39, 0.29) is 12.5 Å². The Kier molecular flexibility index (Phi) is 3.73. The second-order valence-electron chi connectivity index (χ2n) is 6.36. The number of hydrogen-bond acceptors (Lipinski definition) is 6. The summed E-state index contributed by atoms with van der Waals surface area (Å²) in [5.74, 6) is 1.78. The first-order chi connectivity index (χ1) is 12.4. The molecule has 7 nitrogen and oxygen atoms in total. The Morgan fingerprint density at radius 1 is 1.23 bits per heavy atom. The summed E-state index contributed by atoms with van der Waals surface area (Å²) >= 11 is 1.51. The third-order valence-electron chi connectivity index (χ3n) is 4.44. The standard InChI is InChI=1S/C18H17N3O4S/c1-10-6-7-14(24-10)18(3)16(22)21(17(23)20-18)9-12-11(2)25-15(19-12)13-5-4-8-26-13/h4-8H,9H2,1-3H3,(H,20,23). The van der Waals surface area contributed by atoms with Gasteiger partial charge in [0.15, 0.2) is 5.54 Å². The van der Waals surface area contributed by atoms with Crippen molar-refractivity contribution in [2.45, 2.75) is 32.9 Å². The van der Waals surface area contributed by atoms with E-state index in [1.54, 1.807) is 32.9 Å². The predicted octanol–water partition coefficient (Wildman–Crippen LogP) is 3.58. The molecule has 1 fully saturated rings. The molecule has 0 aromatic carbocycles. The number of amides is 3. The fourth-order valence-corrected chi connectivity index (χ4v) is 3.59. The minimum absolute atomic E-state index is 0.0423. The summed E-state index contributed by atoms with van der Waals surface area (Å²) in [5.41, 5.74) is -0.670. The number of imide groups is 1. The van der Waals surface area contributed by atoms with Crippen molar-refractivity contribution in [3.8, 4) is 10.8 Å². The number of hydrogen-bond donors (Lipinski definition) is 1. The molecule has 0 aliphatic carbocycles. The van der Waals surface area contributed by atoms with Gasteiger partial charge < -0.3 is 14.2 Å². The lowest BCUT2D eigenvalue weighted by molar-refractivity contribution is -0.132. The molecule has 3 amide bonds. The van der Waals surface area contributed by atoms with Crippen molar-refractivity contribution in [1.82, 2.24) is 15.2 Å². The van der Waals surface area contributed by atoms with Gasteiger partial charge in [0.1, 0.15) is 23.0 Å². The monoisotopic (exact) mass is 371 g/mol. The maximum atomic E-state index is 12.9. The van der Waals surface area contributed by atoms with E-state index >= 15 is 0 Å². The second kappa shape index (κ2) is 5.84. The Balaban J connectivity index is 1.61. The van der Waals surface area contributed by atoms with Gasteiger partial charge in [-0.3, -0.25) is 9.69 Å². The first kappa shape index (κ1) is 16.6. The lowest BCUT2D eigenvalue weighted by atomic mass is 9.99. The Labute approximate surface area is 153 Å². The topological polar surface area (TPSA) is 88.6 Å². The van der Waals surface area contributed by atoms with E-state index < -0.39 is 11.6 Å². The number of nitrogens with zero attached hydrogens (tertiary/aromatic N) is 2. The molecule has 0 radical (unpaired) electrons. The fraction of sp³-hybridized carbons (Fsp3) is 0.278. The van der Waals surface area contributed by atoms with Gasteiger partial charge in [0.25, 0.3) is 5.91 Å². The number of carbonyl (C=O) groups is 2. The maximum absolute atomic E-state index is 12.9. The van der Waals surface area contributed by atoms with Crippen LogP contribution in [0.2, 0.25) is 0 Å². The molecule has 1 aliphatic heterocycles. The molecule has 4 heterocycles. The molecule has 0 saturated carbocycles. The highest BCUT2D eigenvalue weighted by molar-refractivity contribution is 7.13. The number of carbonyl (C=O) groups excluding carboxylic acids is 2. The van der Waals surface area contributed by atoms with Gasteiger partial charge in [-0.05, 0) is 44.4 Å².